The van der Waals surface area contributed by atoms with Gasteiger partial charge in [0.1, 0.15) is 28.2 Å². The third-order valence-corrected chi connectivity index (χ3v) is 6.97. The normalized spacial score (nSPS) is 14.9. The number of rotatable bonds is 13. The molecule has 1 fully saturated rings. The van der Waals surface area contributed by atoms with Crippen LogP contribution in [0.2, 0.25) is 0 Å². The summed E-state index contributed by atoms with van der Waals surface area (Å²) in [4.78, 5) is 23.6. The van der Waals surface area contributed by atoms with Crippen molar-refractivity contribution in [3.8, 4) is 23.0 Å². The number of carbonyl (C=O) groups is 2. The van der Waals surface area contributed by atoms with E-state index in [9.17, 15) is 9.59 Å². The average Bonchev–Trinajstić information content (AvgIpc) is 3.24. The van der Waals surface area contributed by atoms with Gasteiger partial charge < -0.3 is 14.2 Å². The van der Waals surface area contributed by atoms with Crippen LogP contribution in [0.5, 0.6) is 23.0 Å². The number of hydrogen-bond acceptors (Lipinski definition) is 6. The molecule has 3 aromatic rings. The molecule has 1 heterocycles. The van der Waals surface area contributed by atoms with E-state index in [1.54, 1.807) is 0 Å². The molecule has 0 spiro atoms. The molecule has 0 aliphatic carbocycles. The summed E-state index contributed by atoms with van der Waals surface area (Å²) in [5.74, 6) is 3.04. The van der Waals surface area contributed by atoms with Gasteiger partial charge in [0.25, 0.3) is 5.24 Å². The maximum Gasteiger partial charge on any atom is 0.286 e. The number of imide groups is 1. The molecular weight excluding hydrogens is 486 g/mol. The van der Waals surface area contributed by atoms with E-state index >= 15 is 0 Å². The number of nitrogens with one attached hydrogen (secondary N) is 1. The predicted molar refractivity (Wildman–Crippen MR) is 147 cm³/mol. The number of aryl methyl sites for hydroxylation is 2. The average molecular weight is 520 g/mol. The Morgan fingerprint density at radius 3 is 2.05 bits per heavy atom. The summed E-state index contributed by atoms with van der Waals surface area (Å²) < 4.78 is 18.2. The number of ether oxygens (including phenoxy) is 3. The van der Waals surface area contributed by atoms with Gasteiger partial charge >= 0.3 is 0 Å². The van der Waals surface area contributed by atoms with Crippen molar-refractivity contribution < 1.29 is 23.8 Å². The van der Waals surface area contributed by atoms with E-state index in [-0.39, 0.29) is 11.1 Å². The van der Waals surface area contributed by atoms with Crippen molar-refractivity contribution in [2.75, 3.05) is 13.2 Å². The lowest BCUT2D eigenvalue weighted by atomic mass is 10.0. The second-order valence-electron chi connectivity index (χ2n) is 8.88. The standard InChI is InChI=1S/C30H33NO5S/c1-3-9-21-19-23(28-29(32)31-30(33)37-28)13-15-26(21)34-17-8-18-35-27-16-14-25(20-22(27)10-4-2)36-24-11-6-5-7-12-24/h5-7,11-16,19-20,28H,3-4,8-10,17-18H2,1-2H3,(H,31,32,33). The number of carbonyl (C=O) groups excluding carboxylic acids is 2. The molecule has 0 aromatic heterocycles. The molecule has 1 aliphatic rings. The van der Waals surface area contributed by atoms with Crippen molar-refractivity contribution in [2.24, 2.45) is 0 Å². The lowest BCUT2D eigenvalue weighted by Gasteiger charge is -2.15. The van der Waals surface area contributed by atoms with Crippen LogP contribution in [-0.4, -0.2) is 24.4 Å². The minimum absolute atomic E-state index is 0.259. The monoisotopic (exact) mass is 519 g/mol. The van der Waals surface area contributed by atoms with Gasteiger partial charge in [0, 0.05) is 6.42 Å². The highest BCUT2D eigenvalue weighted by Crippen LogP contribution is 2.36. The van der Waals surface area contributed by atoms with Gasteiger partial charge in [-0.2, -0.15) is 0 Å². The van der Waals surface area contributed by atoms with Gasteiger partial charge in [-0.15, -0.1) is 0 Å². The number of hydrogen-bond donors (Lipinski definition) is 1. The van der Waals surface area contributed by atoms with Crippen LogP contribution >= 0.6 is 11.8 Å². The molecular formula is C30H33NO5S. The highest BCUT2D eigenvalue weighted by Gasteiger charge is 2.33. The Labute approximate surface area is 222 Å². The first-order valence-electron chi connectivity index (χ1n) is 12.8. The summed E-state index contributed by atoms with van der Waals surface area (Å²) in [5.41, 5.74) is 3.01. The van der Waals surface area contributed by atoms with Crippen molar-refractivity contribution in [1.82, 2.24) is 5.32 Å². The van der Waals surface area contributed by atoms with E-state index in [0.29, 0.717) is 13.2 Å². The van der Waals surface area contributed by atoms with E-state index in [4.69, 9.17) is 14.2 Å². The van der Waals surface area contributed by atoms with Gasteiger partial charge in [-0.1, -0.05) is 57.0 Å². The molecule has 1 unspecified atom stereocenters. The second-order valence-corrected chi connectivity index (χ2v) is 9.95. The third-order valence-electron chi connectivity index (χ3n) is 5.93. The van der Waals surface area contributed by atoms with Crippen LogP contribution in [0.25, 0.3) is 0 Å². The first-order valence-corrected chi connectivity index (χ1v) is 13.7. The topological polar surface area (TPSA) is 73.9 Å². The smallest absolute Gasteiger partial charge is 0.286 e. The highest BCUT2D eigenvalue weighted by molar-refractivity contribution is 8.15. The predicted octanol–water partition coefficient (Wildman–Crippen LogP) is 7.26. The lowest BCUT2D eigenvalue weighted by molar-refractivity contribution is -0.119. The fourth-order valence-corrected chi connectivity index (χ4v) is 5.04. The molecule has 7 heteroatoms. The number of amides is 2. The molecule has 1 N–H and O–H groups in total. The molecule has 1 saturated heterocycles. The van der Waals surface area contributed by atoms with Crippen molar-refractivity contribution in [3.63, 3.8) is 0 Å². The molecule has 0 saturated carbocycles. The maximum atomic E-state index is 12.1. The summed E-state index contributed by atoms with van der Waals surface area (Å²) in [7, 11) is 0. The summed E-state index contributed by atoms with van der Waals surface area (Å²) in [6, 6.07) is 21.5. The second kappa shape index (κ2) is 13.2. The minimum Gasteiger partial charge on any atom is -0.493 e. The Balaban J connectivity index is 1.31. The van der Waals surface area contributed by atoms with Crippen LogP contribution in [0, 0.1) is 0 Å². The molecule has 1 atom stereocenters. The van der Waals surface area contributed by atoms with Crippen LogP contribution in [0.1, 0.15) is 55.1 Å². The maximum absolute atomic E-state index is 12.1. The molecule has 0 radical (unpaired) electrons. The van der Waals surface area contributed by atoms with Gasteiger partial charge in [0.2, 0.25) is 5.91 Å². The summed E-state index contributed by atoms with van der Waals surface area (Å²) in [6.45, 7) is 5.31. The van der Waals surface area contributed by atoms with Crippen molar-refractivity contribution >= 4 is 22.9 Å². The van der Waals surface area contributed by atoms with E-state index < -0.39 is 5.25 Å². The first kappa shape index (κ1) is 26.6. The SMILES string of the molecule is CCCc1cc(Oc2ccccc2)ccc1OCCCOc1ccc(C2SC(=O)NC2=O)cc1CCC. The lowest BCUT2D eigenvalue weighted by Crippen LogP contribution is -2.20. The van der Waals surface area contributed by atoms with Crippen molar-refractivity contribution in [2.45, 2.75) is 51.2 Å². The van der Waals surface area contributed by atoms with E-state index in [1.165, 1.54) is 0 Å². The molecule has 6 nitrogen and oxygen atoms in total. The molecule has 4 rings (SSSR count). The van der Waals surface area contributed by atoms with E-state index in [0.717, 1.165) is 83.6 Å². The Hall–Kier alpha value is -3.45. The molecule has 37 heavy (non-hydrogen) atoms. The molecule has 194 valence electrons. The van der Waals surface area contributed by atoms with Gasteiger partial charge in [-0.05, 0) is 77.7 Å². The zero-order valence-electron chi connectivity index (χ0n) is 21.3. The van der Waals surface area contributed by atoms with Crippen LogP contribution < -0.4 is 19.5 Å². The quantitative estimate of drug-likeness (QED) is 0.240. The van der Waals surface area contributed by atoms with Gasteiger partial charge in [0.15, 0.2) is 0 Å². The molecule has 1 aliphatic heterocycles. The van der Waals surface area contributed by atoms with Crippen molar-refractivity contribution in [1.29, 1.82) is 0 Å². The van der Waals surface area contributed by atoms with E-state index in [2.05, 4.69) is 25.2 Å². The number of thioether (sulfide) groups is 1. The molecule has 0 bridgehead atoms. The summed E-state index contributed by atoms with van der Waals surface area (Å²) >= 11 is 1.02. The van der Waals surface area contributed by atoms with Crippen LogP contribution in [0.15, 0.2) is 66.7 Å². The zero-order valence-corrected chi connectivity index (χ0v) is 22.1. The fourth-order valence-electron chi connectivity index (χ4n) is 4.22. The Kier molecular flexibility index (Phi) is 9.49. The Morgan fingerprint density at radius 1 is 0.784 bits per heavy atom. The zero-order chi connectivity index (χ0) is 26.0. The highest BCUT2D eigenvalue weighted by atomic mass is 32.2. The van der Waals surface area contributed by atoms with Gasteiger partial charge in [-0.25, -0.2) is 0 Å². The summed E-state index contributed by atoms with van der Waals surface area (Å²) in [6.07, 6.45) is 4.45. The largest absolute Gasteiger partial charge is 0.493 e. The van der Waals surface area contributed by atoms with Crippen LogP contribution in [-0.2, 0) is 17.6 Å². The Bertz CT molecular complexity index is 1210. The van der Waals surface area contributed by atoms with Gasteiger partial charge in [0.05, 0.1) is 13.2 Å². The van der Waals surface area contributed by atoms with Crippen LogP contribution in [0.3, 0.4) is 0 Å². The summed E-state index contributed by atoms with van der Waals surface area (Å²) in [5, 5.41) is 1.56. The minimum atomic E-state index is -0.493. The number of benzene rings is 3. The van der Waals surface area contributed by atoms with Gasteiger partial charge in [-0.3, -0.25) is 14.9 Å². The van der Waals surface area contributed by atoms with Crippen molar-refractivity contribution in [3.05, 3.63) is 83.4 Å². The Morgan fingerprint density at radius 2 is 1.43 bits per heavy atom. The fraction of sp³-hybridized carbons (Fsp3) is 0.333. The third kappa shape index (κ3) is 7.29. The number of para-hydroxylation sites is 1. The first-order chi connectivity index (χ1) is 18.1. The molecule has 3 aromatic carbocycles. The molecule has 2 amide bonds. The van der Waals surface area contributed by atoms with E-state index in [1.807, 2.05) is 60.7 Å². The van der Waals surface area contributed by atoms with Crippen LogP contribution in [0.4, 0.5) is 4.79 Å².